The Hall–Kier alpha value is -3.46. The van der Waals surface area contributed by atoms with E-state index in [1.807, 2.05) is 37.3 Å². The third-order valence-corrected chi connectivity index (χ3v) is 6.08. The van der Waals surface area contributed by atoms with Crippen molar-refractivity contribution < 1.29 is 8.97 Å². The molecular formula is C26H32BFN6O. The van der Waals surface area contributed by atoms with Crippen LogP contribution >= 0.6 is 0 Å². The standard InChI is InChI=1S/C26H32BFN6O/c1-16(20(5)21(6)25-17(2)14-19(4)34(25)8)13-18(3)29-27(28)35-15-23-9-11-24(12-10-23)26-32-30-22(7)31-33-26/h9-14H,15H2,1-8H3/b16-13-,21-20+,29-18+. The van der Waals surface area contributed by atoms with Crippen LogP contribution in [0.15, 0.2) is 52.5 Å². The molecule has 0 aliphatic rings. The van der Waals surface area contributed by atoms with Crippen LogP contribution in [0.4, 0.5) is 4.32 Å². The van der Waals surface area contributed by atoms with E-state index in [9.17, 15) is 4.32 Å². The van der Waals surface area contributed by atoms with Gasteiger partial charge in [0.1, 0.15) is 0 Å². The van der Waals surface area contributed by atoms with Crippen molar-refractivity contribution in [2.24, 2.45) is 12.0 Å². The number of nitrogens with zero attached hydrogens (tertiary/aromatic N) is 6. The van der Waals surface area contributed by atoms with Gasteiger partial charge >= 0.3 is 7.33 Å². The molecule has 0 unspecified atom stereocenters. The van der Waals surface area contributed by atoms with Gasteiger partial charge in [-0.3, -0.25) is 9.22 Å². The quantitative estimate of drug-likeness (QED) is 0.242. The SMILES string of the molecule is CC(=C/C(C)=N/B(F)OCc1ccc(-c2nnc(C)nn2)cc1)/C(C)=C(\C)c1c(C)cc(C)n1C. The molecule has 182 valence electrons. The Morgan fingerprint density at radius 2 is 1.66 bits per heavy atom. The van der Waals surface area contributed by atoms with E-state index in [2.05, 4.69) is 70.7 Å². The summed E-state index contributed by atoms with van der Waals surface area (Å²) in [5, 5.41) is 15.8. The first-order chi connectivity index (χ1) is 16.6. The lowest BCUT2D eigenvalue weighted by atomic mass is 9.98. The summed E-state index contributed by atoms with van der Waals surface area (Å²) in [5.41, 5.74) is 9.19. The topological polar surface area (TPSA) is 78.1 Å². The lowest BCUT2D eigenvalue weighted by molar-refractivity contribution is 0.279. The summed E-state index contributed by atoms with van der Waals surface area (Å²) in [4.78, 5) is 4.05. The minimum absolute atomic E-state index is 0.0936. The molecule has 7 nitrogen and oxygen atoms in total. The Labute approximate surface area is 207 Å². The van der Waals surface area contributed by atoms with E-state index in [-0.39, 0.29) is 6.61 Å². The normalized spacial score (nSPS) is 13.2. The molecule has 9 heteroatoms. The van der Waals surface area contributed by atoms with E-state index in [4.69, 9.17) is 4.65 Å². The molecule has 0 spiro atoms. The molecule has 1 aromatic carbocycles. The molecule has 3 rings (SSSR count). The van der Waals surface area contributed by atoms with Crippen molar-refractivity contribution in [2.45, 2.75) is 55.1 Å². The second kappa shape index (κ2) is 11.3. The van der Waals surface area contributed by atoms with Crippen molar-refractivity contribution in [3.05, 3.63) is 75.9 Å². The van der Waals surface area contributed by atoms with Gasteiger partial charge in [0.05, 0.1) is 6.61 Å². The molecule has 0 saturated heterocycles. The van der Waals surface area contributed by atoms with Gasteiger partial charge in [-0.25, -0.2) is 0 Å². The third-order valence-electron chi connectivity index (χ3n) is 6.08. The summed E-state index contributed by atoms with van der Waals surface area (Å²) in [6.07, 6.45) is 1.89. The number of aromatic nitrogens is 5. The molecule has 2 aromatic heterocycles. The van der Waals surface area contributed by atoms with Crippen LogP contribution in [0.1, 0.15) is 56.0 Å². The number of hydrogen-bond donors (Lipinski definition) is 0. The van der Waals surface area contributed by atoms with Gasteiger partial charge in [0.25, 0.3) is 0 Å². The van der Waals surface area contributed by atoms with Gasteiger partial charge in [0.2, 0.25) is 5.82 Å². The molecule has 3 aromatic rings. The van der Waals surface area contributed by atoms with E-state index in [0.29, 0.717) is 17.4 Å². The zero-order valence-corrected chi connectivity index (χ0v) is 21.7. The van der Waals surface area contributed by atoms with E-state index in [1.54, 1.807) is 13.8 Å². The van der Waals surface area contributed by atoms with Crippen LogP contribution in [-0.4, -0.2) is 38.0 Å². The molecular weight excluding hydrogens is 442 g/mol. The summed E-state index contributed by atoms with van der Waals surface area (Å²) >= 11 is 0. The zero-order valence-electron chi connectivity index (χ0n) is 21.7. The van der Waals surface area contributed by atoms with Gasteiger partial charge in [-0.05, 0) is 88.5 Å². The molecule has 0 aliphatic carbocycles. The van der Waals surface area contributed by atoms with Crippen molar-refractivity contribution in [2.75, 3.05) is 0 Å². The fourth-order valence-corrected chi connectivity index (χ4v) is 3.91. The fourth-order valence-electron chi connectivity index (χ4n) is 3.91. The van der Waals surface area contributed by atoms with Crippen LogP contribution < -0.4 is 0 Å². The summed E-state index contributed by atoms with van der Waals surface area (Å²) in [5.74, 6) is 0.946. The molecule has 0 atom stereocenters. The first-order valence-corrected chi connectivity index (χ1v) is 11.5. The molecule has 0 saturated carbocycles. The van der Waals surface area contributed by atoms with Gasteiger partial charge in [-0.15, -0.1) is 20.4 Å². The molecule has 0 N–H and O–H groups in total. The van der Waals surface area contributed by atoms with Crippen LogP contribution in [0, 0.1) is 20.8 Å². The second-order valence-corrected chi connectivity index (χ2v) is 8.80. The Balaban J connectivity index is 1.63. The van der Waals surface area contributed by atoms with Crippen LogP contribution in [0.25, 0.3) is 17.0 Å². The average Bonchev–Trinajstić information content (AvgIpc) is 3.08. The first kappa shape index (κ1) is 26.2. The van der Waals surface area contributed by atoms with Crippen LogP contribution in [0.5, 0.6) is 0 Å². The lowest BCUT2D eigenvalue weighted by Gasteiger charge is -2.12. The Morgan fingerprint density at radius 1 is 1.03 bits per heavy atom. The van der Waals surface area contributed by atoms with Crippen molar-refractivity contribution >= 4 is 18.6 Å². The number of hydrogen-bond acceptors (Lipinski definition) is 6. The Morgan fingerprint density at radius 3 is 2.23 bits per heavy atom. The van der Waals surface area contributed by atoms with Gasteiger partial charge in [0, 0.05) is 29.7 Å². The first-order valence-electron chi connectivity index (χ1n) is 11.5. The van der Waals surface area contributed by atoms with Gasteiger partial charge in [0.15, 0.2) is 5.82 Å². The maximum Gasteiger partial charge on any atom is 0.652 e. The van der Waals surface area contributed by atoms with E-state index < -0.39 is 7.33 Å². The molecule has 0 amide bonds. The van der Waals surface area contributed by atoms with Crippen LogP contribution in [-0.2, 0) is 18.3 Å². The molecule has 2 heterocycles. The minimum atomic E-state index is -1.75. The molecule has 0 aliphatic heterocycles. The fraction of sp³-hybridized carbons (Fsp3) is 0.346. The summed E-state index contributed by atoms with van der Waals surface area (Å²) < 4.78 is 21.9. The maximum atomic E-state index is 14.4. The highest BCUT2D eigenvalue weighted by Crippen LogP contribution is 2.27. The monoisotopic (exact) mass is 474 g/mol. The van der Waals surface area contributed by atoms with Crippen molar-refractivity contribution in [1.29, 1.82) is 0 Å². The van der Waals surface area contributed by atoms with Gasteiger partial charge in [-0.1, -0.05) is 24.3 Å². The van der Waals surface area contributed by atoms with Gasteiger partial charge < -0.3 is 9.22 Å². The van der Waals surface area contributed by atoms with Gasteiger partial charge in [-0.2, -0.15) is 0 Å². The smallest absolute Gasteiger partial charge is 0.383 e. The molecule has 0 radical (unpaired) electrons. The predicted molar refractivity (Wildman–Crippen MR) is 139 cm³/mol. The van der Waals surface area contributed by atoms with Crippen LogP contribution in [0.3, 0.4) is 0 Å². The average molecular weight is 474 g/mol. The van der Waals surface area contributed by atoms with Crippen LogP contribution in [0.2, 0.25) is 0 Å². The zero-order chi connectivity index (χ0) is 25.7. The van der Waals surface area contributed by atoms with Crippen molar-refractivity contribution in [1.82, 2.24) is 25.0 Å². The summed E-state index contributed by atoms with van der Waals surface area (Å²) in [6, 6.07) is 9.50. The highest BCUT2D eigenvalue weighted by Gasteiger charge is 2.16. The third kappa shape index (κ3) is 6.57. The number of allylic oxidation sites excluding steroid dienone is 4. The number of rotatable bonds is 8. The molecule has 35 heavy (non-hydrogen) atoms. The summed E-state index contributed by atoms with van der Waals surface area (Å²) in [6.45, 7) is 14.0. The molecule has 0 fully saturated rings. The van der Waals surface area contributed by atoms with E-state index in [0.717, 1.165) is 22.3 Å². The lowest BCUT2D eigenvalue weighted by Crippen LogP contribution is -2.11. The maximum absolute atomic E-state index is 14.4. The van der Waals surface area contributed by atoms with E-state index in [1.165, 1.54) is 22.5 Å². The second-order valence-electron chi connectivity index (χ2n) is 8.80. The number of halogens is 1. The predicted octanol–water partition coefficient (Wildman–Crippen LogP) is 5.57. The van der Waals surface area contributed by atoms with E-state index >= 15 is 0 Å². The largest absolute Gasteiger partial charge is 0.652 e. The minimum Gasteiger partial charge on any atom is -0.383 e. The van der Waals surface area contributed by atoms with Crippen molar-refractivity contribution in [3.8, 4) is 11.4 Å². The Bertz CT molecular complexity index is 1280. The molecule has 0 bridgehead atoms. The number of aryl methyl sites for hydroxylation is 3. The highest BCUT2D eigenvalue weighted by atomic mass is 19.1. The summed E-state index contributed by atoms with van der Waals surface area (Å²) in [7, 11) is 0.319. The number of benzene rings is 1. The highest BCUT2D eigenvalue weighted by molar-refractivity contribution is 6.44. The van der Waals surface area contributed by atoms with Crippen molar-refractivity contribution in [3.63, 3.8) is 0 Å². The Kier molecular flexibility index (Phi) is 8.45.